The molecule has 1 aromatic heterocycles. The van der Waals surface area contributed by atoms with Gasteiger partial charge in [-0.3, -0.25) is 5.32 Å². The number of benzene rings is 1. The number of thioether (sulfide) groups is 1. The van der Waals surface area contributed by atoms with Crippen LogP contribution in [0.3, 0.4) is 0 Å². The van der Waals surface area contributed by atoms with Gasteiger partial charge in [0.05, 0.1) is 17.7 Å². The highest BCUT2D eigenvalue weighted by Gasteiger charge is 1.99. The fraction of sp³-hybridized carbons (Fsp3) is 0.154. The average molecular weight is 271 g/mol. The number of rotatable bonds is 2. The predicted molar refractivity (Wildman–Crippen MR) is 77.7 cm³/mol. The first-order valence-corrected chi connectivity index (χ1v) is 6.84. The molecule has 0 aliphatic rings. The first kappa shape index (κ1) is 13.2. The van der Waals surface area contributed by atoms with Crippen molar-refractivity contribution in [3.8, 4) is 11.9 Å². The molecule has 0 aliphatic carbocycles. The SMILES string of the molecule is CSC(=Nc1ccc(-n2cnc(C)c2)cc1)NC#N. The summed E-state index contributed by atoms with van der Waals surface area (Å²) in [6.07, 6.45) is 7.47. The van der Waals surface area contributed by atoms with Crippen LogP contribution in [-0.2, 0) is 0 Å². The lowest BCUT2D eigenvalue weighted by Gasteiger charge is -2.03. The highest BCUT2D eigenvalue weighted by atomic mass is 32.2. The van der Waals surface area contributed by atoms with Crippen LogP contribution in [0.15, 0.2) is 41.8 Å². The van der Waals surface area contributed by atoms with E-state index in [0.29, 0.717) is 5.17 Å². The lowest BCUT2D eigenvalue weighted by atomic mass is 10.3. The number of aliphatic imine (C=N–C) groups is 1. The summed E-state index contributed by atoms with van der Waals surface area (Å²) in [4.78, 5) is 8.52. The van der Waals surface area contributed by atoms with Crippen molar-refractivity contribution in [2.45, 2.75) is 6.92 Å². The third-order valence-corrected chi connectivity index (χ3v) is 3.03. The van der Waals surface area contributed by atoms with E-state index >= 15 is 0 Å². The Morgan fingerprint density at radius 3 is 2.68 bits per heavy atom. The van der Waals surface area contributed by atoms with Crippen molar-refractivity contribution in [2.75, 3.05) is 6.26 Å². The smallest absolute Gasteiger partial charge is 0.183 e. The van der Waals surface area contributed by atoms with E-state index < -0.39 is 0 Å². The molecule has 19 heavy (non-hydrogen) atoms. The van der Waals surface area contributed by atoms with Crippen LogP contribution in [0, 0.1) is 18.4 Å². The van der Waals surface area contributed by atoms with Crippen molar-refractivity contribution >= 4 is 22.6 Å². The number of amidine groups is 1. The summed E-state index contributed by atoms with van der Waals surface area (Å²) in [5, 5.41) is 11.7. The molecule has 0 saturated carbocycles. The van der Waals surface area contributed by atoms with E-state index in [4.69, 9.17) is 5.26 Å². The Balaban J connectivity index is 2.21. The van der Waals surface area contributed by atoms with Gasteiger partial charge in [-0.25, -0.2) is 9.98 Å². The van der Waals surface area contributed by atoms with Gasteiger partial charge in [-0.15, -0.1) is 0 Å². The zero-order chi connectivity index (χ0) is 13.7. The Labute approximate surface area is 116 Å². The number of aromatic nitrogens is 2. The van der Waals surface area contributed by atoms with Crippen LogP contribution in [0.2, 0.25) is 0 Å². The Kier molecular flexibility index (Phi) is 4.21. The van der Waals surface area contributed by atoms with E-state index in [1.807, 2.05) is 54.4 Å². The summed E-state index contributed by atoms with van der Waals surface area (Å²) in [6, 6.07) is 7.73. The number of nitrogens with zero attached hydrogens (tertiary/aromatic N) is 4. The molecule has 0 spiro atoms. The molecule has 5 nitrogen and oxygen atoms in total. The molecule has 1 N–H and O–H groups in total. The average Bonchev–Trinajstić information content (AvgIpc) is 2.86. The van der Waals surface area contributed by atoms with Gasteiger partial charge < -0.3 is 4.57 Å². The lowest BCUT2D eigenvalue weighted by molar-refractivity contribution is 1.06. The van der Waals surface area contributed by atoms with Gasteiger partial charge >= 0.3 is 0 Å². The van der Waals surface area contributed by atoms with Gasteiger partial charge in [0, 0.05) is 11.9 Å². The van der Waals surface area contributed by atoms with Crippen molar-refractivity contribution in [1.29, 1.82) is 5.26 Å². The van der Waals surface area contributed by atoms with Crippen LogP contribution in [0.1, 0.15) is 5.69 Å². The molecule has 0 atom stereocenters. The third-order valence-electron chi connectivity index (χ3n) is 2.45. The quantitative estimate of drug-likeness (QED) is 0.394. The Morgan fingerprint density at radius 2 is 2.16 bits per heavy atom. The zero-order valence-corrected chi connectivity index (χ0v) is 11.5. The minimum Gasteiger partial charge on any atom is -0.306 e. The third kappa shape index (κ3) is 3.36. The second-order valence-corrected chi connectivity index (χ2v) is 4.59. The van der Waals surface area contributed by atoms with Gasteiger partial charge in [-0.2, -0.15) is 5.26 Å². The Morgan fingerprint density at radius 1 is 1.42 bits per heavy atom. The molecular weight excluding hydrogens is 258 g/mol. The van der Waals surface area contributed by atoms with Crippen LogP contribution >= 0.6 is 11.8 Å². The minimum atomic E-state index is 0.578. The largest absolute Gasteiger partial charge is 0.306 e. The standard InChI is InChI=1S/C13H13N5S/c1-10-7-18(9-16-10)12-5-3-11(4-6-12)17-13(19-2)15-8-14/h3-7,9H,1-2H3,(H,15,17). The number of hydrogen-bond acceptors (Lipinski definition) is 4. The molecular formula is C13H13N5S. The molecule has 6 heteroatoms. The molecule has 0 fully saturated rings. The first-order chi connectivity index (χ1) is 9.22. The summed E-state index contributed by atoms with van der Waals surface area (Å²) in [6.45, 7) is 1.95. The highest BCUT2D eigenvalue weighted by molar-refractivity contribution is 8.13. The molecule has 0 aliphatic heterocycles. The molecule has 0 saturated heterocycles. The summed E-state index contributed by atoms with van der Waals surface area (Å²) < 4.78 is 1.95. The van der Waals surface area contributed by atoms with Gasteiger partial charge in [-0.05, 0) is 37.4 Å². The number of nitriles is 1. The Bertz CT molecular complexity index is 621. The van der Waals surface area contributed by atoms with Gasteiger partial charge in [0.1, 0.15) is 0 Å². The minimum absolute atomic E-state index is 0.578. The number of imidazole rings is 1. The zero-order valence-electron chi connectivity index (χ0n) is 10.7. The van der Waals surface area contributed by atoms with Crippen LogP contribution < -0.4 is 5.32 Å². The lowest BCUT2D eigenvalue weighted by Crippen LogP contribution is -2.12. The van der Waals surface area contributed by atoms with E-state index in [-0.39, 0.29) is 0 Å². The summed E-state index contributed by atoms with van der Waals surface area (Å²) in [5.74, 6) is 0. The molecule has 0 bridgehead atoms. The van der Waals surface area contributed by atoms with Crippen molar-refractivity contribution in [2.24, 2.45) is 4.99 Å². The van der Waals surface area contributed by atoms with Gasteiger partial charge in [-0.1, -0.05) is 11.8 Å². The van der Waals surface area contributed by atoms with Crippen LogP contribution in [0.5, 0.6) is 0 Å². The molecule has 0 unspecified atom stereocenters. The second-order valence-electron chi connectivity index (χ2n) is 3.80. The van der Waals surface area contributed by atoms with Crippen molar-refractivity contribution < 1.29 is 0 Å². The number of nitrogens with one attached hydrogen (secondary N) is 1. The fourth-order valence-electron chi connectivity index (χ4n) is 1.55. The van der Waals surface area contributed by atoms with E-state index in [0.717, 1.165) is 17.1 Å². The Hall–Kier alpha value is -2.26. The fourth-order valence-corrected chi connectivity index (χ4v) is 1.90. The van der Waals surface area contributed by atoms with Crippen molar-refractivity contribution in [3.05, 3.63) is 42.5 Å². The van der Waals surface area contributed by atoms with Crippen LogP contribution in [0.4, 0.5) is 5.69 Å². The predicted octanol–water partition coefficient (Wildman–Crippen LogP) is 2.60. The molecule has 2 aromatic rings. The van der Waals surface area contributed by atoms with Gasteiger partial charge in [0.2, 0.25) is 0 Å². The van der Waals surface area contributed by atoms with Crippen LogP contribution in [-0.4, -0.2) is 21.0 Å². The molecule has 0 radical (unpaired) electrons. The van der Waals surface area contributed by atoms with E-state index in [1.165, 1.54) is 11.8 Å². The van der Waals surface area contributed by atoms with Gasteiger partial charge in [0.15, 0.2) is 11.4 Å². The summed E-state index contributed by atoms with van der Waals surface area (Å²) in [5.41, 5.74) is 2.80. The van der Waals surface area contributed by atoms with Gasteiger partial charge in [0.25, 0.3) is 0 Å². The summed E-state index contributed by atoms with van der Waals surface area (Å²) >= 11 is 1.39. The van der Waals surface area contributed by atoms with E-state index in [9.17, 15) is 0 Å². The molecule has 2 rings (SSSR count). The maximum atomic E-state index is 8.58. The van der Waals surface area contributed by atoms with E-state index in [1.54, 1.807) is 6.33 Å². The molecule has 1 heterocycles. The number of aryl methyl sites for hydroxylation is 1. The molecule has 1 aromatic carbocycles. The van der Waals surface area contributed by atoms with E-state index in [2.05, 4.69) is 15.3 Å². The normalized spacial score (nSPS) is 11.1. The maximum absolute atomic E-state index is 8.58. The van der Waals surface area contributed by atoms with Crippen LogP contribution in [0.25, 0.3) is 5.69 Å². The highest BCUT2D eigenvalue weighted by Crippen LogP contribution is 2.17. The summed E-state index contributed by atoms with van der Waals surface area (Å²) in [7, 11) is 0. The first-order valence-electron chi connectivity index (χ1n) is 5.62. The second kappa shape index (κ2) is 6.07. The topological polar surface area (TPSA) is 66.0 Å². The monoisotopic (exact) mass is 271 g/mol. The number of hydrogen-bond donors (Lipinski definition) is 1. The van der Waals surface area contributed by atoms with Crippen molar-refractivity contribution in [3.63, 3.8) is 0 Å². The van der Waals surface area contributed by atoms with Crippen molar-refractivity contribution in [1.82, 2.24) is 14.9 Å². The molecule has 0 amide bonds. The maximum Gasteiger partial charge on any atom is 0.183 e. The molecule has 96 valence electrons.